The summed E-state index contributed by atoms with van der Waals surface area (Å²) in [6, 6.07) is 12.4. The minimum atomic E-state index is -0.436. The smallest absolute Gasteiger partial charge is 0.269 e. The van der Waals surface area contributed by atoms with Crippen LogP contribution in [-0.4, -0.2) is 24.9 Å². The van der Waals surface area contributed by atoms with Crippen LogP contribution < -0.4 is 10.6 Å². The summed E-state index contributed by atoms with van der Waals surface area (Å²) in [6.07, 6.45) is 1.53. The summed E-state index contributed by atoms with van der Waals surface area (Å²) in [6.45, 7) is 0.846. The number of hydrogen-bond acceptors (Lipinski definition) is 7. The molecule has 0 unspecified atom stereocenters. The second kappa shape index (κ2) is 7.89. The van der Waals surface area contributed by atoms with E-state index in [0.29, 0.717) is 36.0 Å². The van der Waals surface area contributed by atoms with E-state index in [4.69, 9.17) is 0 Å². The molecule has 4 aromatic rings. The summed E-state index contributed by atoms with van der Waals surface area (Å²) in [5.41, 5.74) is 2.94. The number of nitrogens with one attached hydrogen (secondary N) is 3. The number of halogens is 1. The zero-order valence-electron chi connectivity index (χ0n) is 15.1. The average molecular weight is 393 g/mol. The first-order chi connectivity index (χ1) is 14.1. The Bertz CT molecular complexity index is 1140. The molecule has 146 valence electrons. The van der Waals surface area contributed by atoms with Crippen molar-refractivity contribution in [2.45, 2.75) is 13.1 Å². The number of nitro benzene ring substituents is 1. The normalized spacial score (nSPS) is 10.8. The minimum Gasteiger partial charge on any atom is -0.364 e. The van der Waals surface area contributed by atoms with Crippen LogP contribution in [0, 0.1) is 15.9 Å². The number of hydrogen-bond donors (Lipinski definition) is 3. The lowest BCUT2D eigenvalue weighted by molar-refractivity contribution is -0.384. The van der Waals surface area contributed by atoms with Crippen molar-refractivity contribution < 1.29 is 9.31 Å². The molecule has 0 spiro atoms. The Morgan fingerprint density at radius 3 is 2.31 bits per heavy atom. The molecule has 2 heterocycles. The zero-order valence-corrected chi connectivity index (χ0v) is 15.1. The molecule has 29 heavy (non-hydrogen) atoms. The van der Waals surface area contributed by atoms with Gasteiger partial charge in [-0.3, -0.25) is 10.1 Å². The van der Waals surface area contributed by atoms with E-state index in [1.807, 2.05) is 0 Å². The van der Waals surface area contributed by atoms with Crippen LogP contribution in [0.15, 0.2) is 54.9 Å². The van der Waals surface area contributed by atoms with Gasteiger partial charge >= 0.3 is 0 Å². The summed E-state index contributed by atoms with van der Waals surface area (Å²) in [5.74, 6) is 0.633. The van der Waals surface area contributed by atoms with E-state index in [-0.39, 0.29) is 11.5 Å². The van der Waals surface area contributed by atoms with Gasteiger partial charge in [-0.2, -0.15) is 9.97 Å². The third-order valence-corrected chi connectivity index (χ3v) is 4.26. The van der Waals surface area contributed by atoms with E-state index in [0.717, 1.165) is 11.1 Å². The van der Waals surface area contributed by atoms with Gasteiger partial charge in [-0.15, -0.1) is 0 Å². The van der Waals surface area contributed by atoms with Crippen molar-refractivity contribution >= 4 is 28.6 Å². The summed E-state index contributed by atoms with van der Waals surface area (Å²) in [4.78, 5) is 26.3. The fourth-order valence-electron chi connectivity index (χ4n) is 2.74. The highest BCUT2D eigenvalue weighted by atomic mass is 19.1. The SMILES string of the molecule is O=[N+]([O-])c1ccc(CNc2nc(NCc3ccc(F)cc3)nc3nc[nH]c23)cc1. The first-order valence-electron chi connectivity index (χ1n) is 8.75. The monoisotopic (exact) mass is 393 g/mol. The summed E-state index contributed by atoms with van der Waals surface area (Å²) in [7, 11) is 0. The number of aromatic amines is 1. The topological polar surface area (TPSA) is 122 Å². The van der Waals surface area contributed by atoms with Gasteiger partial charge in [-0.25, -0.2) is 9.37 Å². The molecule has 0 atom stereocenters. The molecule has 0 saturated heterocycles. The average Bonchev–Trinajstić information content (AvgIpc) is 3.21. The number of rotatable bonds is 7. The van der Waals surface area contributed by atoms with E-state index in [2.05, 4.69) is 30.6 Å². The van der Waals surface area contributed by atoms with Gasteiger partial charge in [0.25, 0.3) is 5.69 Å². The van der Waals surface area contributed by atoms with Crippen molar-refractivity contribution in [2.24, 2.45) is 0 Å². The van der Waals surface area contributed by atoms with E-state index in [9.17, 15) is 14.5 Å². The number of non-ortho nitro benzene ring substituents is 1. The van der Waals surface area contributed by atoms with Crippen LogP contribution in [0.2, 0.25) is 0 Å². The number of H-pyrrole nitrogens is 1. The Hall–Kier alpha value is -4.08. The van der Waals surface area contributed by atoms with Gasteiger partial charge in [0.2, 0.25) is 5.95 Å². The van der Waals surface area contributed by atoms with Gasteiger partial charge in [0, 0.05) is 25.2 Å². The quantitative estimate of drug-likeness (QED) is 0.324. The van der Waals surface area contributed by atoms with Gasteiger partial charge in [0.1, 0.15) is 11.3 Å². The minimum absolute atomic E-state index is 0.0408. The Kier molecular flexibility index (Phi) is 4.97. The highest BCUT2D eigenvalue weighted by Crippen LogP contribution is 2.20. The lowest BCUT2D eigenvalue weighted by Crippen LogP contribution is -2.08. The van der Waals surface area contributed by atoms with Gasteiger partial charge in [0.15, 0.2) is 11.5 Å². The van der Waals surface area contributed by atoms with Crippen LogP contribution in [0.5, 0.6) is 0 Å². The predicted molar refractivity (Wildman–Crippen MR) is 106 cm³/mol. The second-order valence-corrected chi connectivity index (χ2v) is 6.25. The molecule has 0 aliphatic rings. The van der Waals surface area contributed by atoms with Gasteiger partial charge in [-0.05, 0) is 23.3 Å². The van der Waals surface area contributed by atoms with Crippen molar-refractivity contribution in [1.29, 1.82) is 0 Å². The first-order valence-corrected chi connectivity index (χ1v) is 8.75. The largest absolute Gasteiger partial charge is 0.364 e. The lowest BCUT2D eigenvalue weighted by Gasteiger charge is -2.10. The van der Waals surface area contributed by atoms with E-state index >= 15 is 0 Å². The molecule has 0 amide bonds. The fourth-order valence-corrected chi connectivity index (χ4v) is 2.74. The maximum atomic E-state index is 13.0. The maximum absolute atomic E-state index is 13.0. The lowest BCUT2D eigenvalue weighted by atomic mass is 10.2. The van der Waals surface area contributed by atoms with Crippen LogP contribution in [0.1, 0.15) is 11.1 Å². The number of fused-ring (bicyclic) bond motifs is 1. The first kappa shape index (κ1) is 18.3. The summed E-state index contributed by atoms with van der Waals surface area (Å²) >= 11 is 0. The molecule has 3 N–H and O–H groups in total. The molecular formula is C19H16FN7O2. The highest BCUT2D eigenvalue weighted by molar-refractivity contribution is 5.83. The Morgan fingerprint density at radius 2 is 1.62 bits per heavy atom. The third kappa shape index (κ3) is 4.26. The number of nitro groups is 1. The van der Waals surface area contributed by atoms with Crippen LogP contribution in [0.25, 0.3) is 11.2 Å². The summed E-state index contributed by atoms with van der Waals surface area (Å²) < 4.78 is 13.0. The molecule has 0 bridgehead atoms. The Morgan fingerprint density at radius 1 is 0.966 bits per heavy atom. The highest BCUT2D eigenvalue weighted by Gasteiger charge is 2.11. The van der Waals surface area contributed by atoms with E-state index < -0.39 is 4.92 Å². The van der Waals surface area contributed by atoms with Crippen LogP contribution in [-0.2, 0) is 13.1 Å². The van der Waals surface area contributed by atoms with Crippen LogP contribution >= 0.6 is 0 Å². The molecule has 2 aromatic heterocycles. The van der Waals surface area contributed by atoms with Crippen molar-refractivity contribution in [1.82, 2.24) is 19.9 Å². The maximum Gasteiger partial charge on any atom is 0.269 e. The van der Waals surface area contributed by atoms with Gasteiger partial charge in [-0.1, -0.05) is 24.3 Å². The molecular weight excluding hydrogens is 377 g/mol. The van der Waals surface area contributed by atoms with Crippen molar-refractivity contribution in [2.75, 3.05) is 10.6 Å². The molecule has 0 radical (unpaired) electrons. The standard InChI is InChI=1S/C19H16FN7O2/c20-14-5-1-12(2-6-14)10-22-19-25-17(16-18(26-19)24-11-23-16)21-9-13-3-7-15(8-4-13)27(28)29/h1-8,11H,9-10H2,(H3,21,22,23,24,25,26). The molecule has 0 aliphatic heterocycles. The number of imidazole rings is 1. The van der Waals surface area contributed by atoms with Crippen molar-refractivity contribution in [3.63, 3.8) is 0 Å². The molecule has 0 saturated carbocycles. The number of aromatic nitrogens is 4. The van der Waals surface area contributed by atoms with Crippen LogP contribution in [0.4, 0.5) is 21.8 Å². The molecule has 9 nitrogen and oxygen atoms in total. The summed E-state index contributed by atoms with van der Waals surface area (Å²) in [5, 5.41) is 17.1. The van der Waals surface area contributed by atoms with E-state index in [1.54, 1.807) is 24.3 Å². The second-order valence-electron chi connectivity index (χ2n) is 6.25. The Labute approximate surface area is 164 Å². The third-order valence-electron chi connectivity index (χ3n) is 4.26. The van der Waals surface area contributed by atoms with Crippen LogP contribution in [0.3, 0.4) is 0 Å². The predicted octanol–water partition coefficient (Wildman–Crippen LogP) is 3.62. The molecule has 4 rings (SSSR count). The fraction of sp³-hybridized carbons (Fsp3) is 0.105. The number of nitrogens with zero attached hydrogens (tertiary/aromatic N) is 4. The number of benzene rings is 2. The number of anilines is 2. The van der Waals surface area contributed by atoms with Crippen molar-refractivity contribution in [3.8, 4) is 0 Å². The Balaban J connectivity index is 1.50. The van der Waals surface area contributed by atoms with E-state index in [1.165, 1.54) is 30.6 Å². The van der Waals surface area contributed by atoms with Gasteiger partial charge < -0.3 is 15.6 Å². The molecule has 0 fully saturated rings. The molecule has 10 heteroatoms. The zero-order chi connectivity index (χ0) is 20.2. The molecule has 0 aliphatic carbocycles. The molecule has 2 aromatic carbocycles. The van der Waals surface area contributed by atoms with Gasteiger partial charge in [0.05, 0.1) is 11.3 Å². The van der Waals surface area contributed by atoms with Crippen molar-refractivity contribution in [3.05, 3.63) is 81.9 Å².